The van der Waals surface area contributed by atoms with Crippen LogP contribution in [0.25, 0.3) is 20.4 Å². The van der Waals surface area contributed by atoms with Crippen LogP contribution in [0.4, 0.5) is 11.4 Å². The van der Waals surface area contributed by atoms with Crippen molar-refractivity contribution in [2.24, 2.45) is 0 Å². The Labute approximate surface area is 160 Å². The van der Waals surface area contributed by atoms with Crippen molar-refractivity contribution in [2.45, 2.75) is 31.7 Å². The average Bonchev–Trinajstić information content (AvgIpc) is 3.28. The molecular weight excluding hydrogens is 360 g/mol. The van der Waals surface area contributed by atoms with Crippen LogP contribution in [0.15, 0.2) is 42.0 Å². The number of anilines is 2. The van der Waals surface area contributed by atoms with Crippen LogP contribution in [-0.4, -0.2) is 22.6 Å². The molecule has 0 saturated carbocycles. The first kappa shape index (κ1) is 16.2. The molecule has 1 aliphatic rings. The first-order chi connectivity index (χ1) is 12.8. The number of thiophene rings is 1. The summed E-state index contributed by atoms with van der Waals surface area (Å²) in [6.07, 6.45) is 4.40. The predicted molar refractivity (Wildman–Crippen MR) is 112 cm³/mol. The molecule has 5 rings (SSSR count). The molecule has 0 radical (unpaired) electrons. The molecule has 2 atom stereocenters. The van der Waals surface area contributed by atoms with Crippen molar-refractivity contribution >= 4 is 54.5 Å². The number of piperidine rings is 1. The molecule has 0 unspecified atom stereocenters. The van der Waals surface area contributed by atoms with E-state index in [-0.39, 0.29) is 0 Å². The fourth-order valence-electron chi connectivity index (χ4n) is 3.77. The number of nitrogens with one attached hydrogen (secondary N) is 2. The highest BCUT2D eigenvalue weighted by atomic mass is 32.1. The van der Waals surface area contributed by atoms with Gasteiger partial charge in [-0.1, -0.05) is 0 Å². The van der Waals surface area contributed by atoms with E-state index in [1.165, 1.54) is 27.8 Å². The first-order valence-corrected chi connectivity index (χ1v) is 10.7. The van der Waals surface area contributed by atoms with E-state index in [1.807, 2.05) is 23.0 Å². The molecule has 0 spiro atoms. The number of hydrogen-bond acceptors (Lipinski definition) is 6. The van der Waals surface area contributed by atoms with Crippen LogP contribution in [0.2, 0.25) is 0 Å². The van der Waals surface area contributed by atoms with Gasteiger partial charge in [-0.3, -0.25) is 0 Å². The molecule has 1 fully saturated rings. The third kappa shape index (κ3) is 2.88. The molecule has 6 heteroatoms. The molecule has 0 aliphatic carbocycles. The molecule has 1 aromatic carbocycles. The molecule has 1 aliphatic heterocycles. The SMILES string of the molecule is C[C@H]1NCCC[C@H]1c1cc2c(Nc3ccc4scnc4c3)ccnc2s1. The van der Waals surface area contributed by atoms with Crippen LogP contribution >= 0.6 is 22.7 Å². The highest BCUT2D eigenvalue weighted by Crippen LogP contribution is 2.38. The topological polar surface area (TPSA) is 49.8 Å². The second-order valence-corrected chi connectivity index (χ2v) is 8.83. The minimum absolute atomic E-state index is 0.528. The van der Waals surface area contributed by atoms with Gasteiger partial charge in [-0.05, 0) is 56.6 Å². The van der Waals surface area contributed by atoms with Crippen LogP contribution in [0, 0.1) is 0 Å². The lowest BCUT2D eigenvalue weighted by atomic mass is 9.90. The van der Waals surface area contributed by atoms with Gasteiger partial charge in [-0.15, -0.1) is 22.7 Å². The van der Waals surface area contributed by atoms with E-state index in [0.29, 0.717) is 12.0 Å². The van der Waals surface area contributed by atoms with Gasteiger partial charge in [0.05, 0.1) is 21.4 Å². The van der Waals surface area contributed by atoms with Gasteiger partial charge < -0.3 is 10.6 Å². The number of hydrogen-bond donors (Lipinski definition) is 2. The predicted octanol–water partition coefficient (Wildman–Crippen LogP) is 5.51. The molecule has 4 aromatic rings. The number of rotatable bonds is 3. The average molecular weight is 381 g/mol. The summed E-state index contributed by atoms with van der Waals surface area (Å²) < 4.78 is 1.21. The van der Waals surface area contributed by atoms with E-state index in [4.69, 9.17) is 0 Å². The lowest BCUT2D eigenvalue weighted by Gasteiger charge is -2.29. The molecule has 4 heterocycles. The molecule has 0 amide bonds. The Kier molecular flexibility index (Phi) is 4.11. The first-order valence-electron chi connectivity index (χ1n) is 9.00. The number of aromatic nitrogens is 2. The third-order valence-electron chi connectivity index (χ3n) is 5.19. The molecule has 132 valence electrons. The molecule has 2 N–H and O–H groups in total. The fourth-order valence-corrected chi connectivity index (χ4v) is 5.70. The number of thiazole rings is 1. The van der Waals surface area contributed by atoms with Crippen LogP contribution in [0.1, 0.15) is 30.6 Å². The molecule has 0 bridgehead atoms. The summed E-state index contributed by atoms with van der Waals surface area (Å²) in [5.41, 5.74) is 5.11. The number of nitrogens with zero attached hydrogens (tertiary/aromatic N) is 2. The van der Waals surface area contributed by atoms with Gasteiger partial charge in [0.25, 0.3) is 0 Å². The van der Waals surface area contributed by atoms with Crippen LogP contribution < -0.4 is 10.6 Å². The smallest absolute Gasteiger partial charge is 0.125 e. The van der Waals surface area contributed by atoms with Crippen LogP contribution in [0.5, 0.6) is 0 Å². The minimum atomic E-state index is 0.528. The summed E-state index contributed by atoms with van der Waals surface area (Å²) in [6, 6.07) is 11.3. The van der Waals surface area contributed by atoms with Crippen LogP contribution in [-0.2, 0) is 0 Å². The van der Waals surface area contributed by atoms with Gasteiger partial charge in [-0.25, -0.2) is 9.97 Å². The van der Waals surface area contributed by atoms with Crippen molar-refractivity contribution < 1.29 is 0 Å². The third-order valence-corrected chi connectivity index (χ3v) is 7.18. The van der Waals surface area contributed by atoms with Gasteiger partial charge in [0.1, 0.15) is 4.83 Å². The maximum atomic E-state index is 4.61. The van der Waals surface area contributed by atoms with E-state index < -0.39 is 0 Å². The second-order valence-electron chi connectivity index (χ2n) is 6.88. The maximum Gasteiger partial charge on any atom is 0.125 e. The molecular formula is C20H20N4S2. The van der Waals surface area contributed by atoms with Crippen molar-refractivity contribution in [1.29, 1.82) is 0 Å². The highest BCUT2D eigenvalue weighted by Gasteiger charge is 2.24. The zero-order chi connectivity index (χ0) is 17.5. The van der Waals surface area contributed by atoms with E-state index >= 15 is 0 Å². The zero-order valence-corrected chi connectivity index (χ0v) is 16.2. The van der Waals surface area contributed by atoms with Crippen molar-refractivity contribution in [3.05, 3.63) is 46.9 Å². The lowest BCUT2D eigenvalue weighted by molar-refractivity contribution is 0.375. The Bertz CT molecular complexity index is 1070. The summed E-state index contributed by atoms with van der Waals surface area (Å²) in [7, 11) is 0. The van der Waals surface area contributed by atoms with Crippen molar-refractivity contribution in [3.63, 3.8) is 0 Å². The monoisotopic (exact) mass is 380 g/mol. The standard InChI is InChI=1S/C20H20N4S2/c1-12-14(3-2-7-21-12)19-10-15-16(6-8-22-20(15)26-19)24-13-4-5-18-17(9-13)23-11-25-18/h4-6,8-12,14,21H,2-3,7H2,1H3,(H,22,24)/t12-,14-/m1/s1. The molecule has 3 aromatic heterocycles. The van der Waals surface area contributed by atoms with Crippen molar-refractivity contribution in [3.8, 4) is 0 Å². The number of fused-ring (bicyclic) bond motifs is 2. The van der Waals surface area contributed by atoms with Crippen molar-refractivity contribution in [2.75, 3.05) is 11.9 Å². The van der Waals surface area contributed by atoms with E-state index in [0.717, 1.165) is 28.3 Å². The Morgan fingerprint density at radius 2 is 2.15 bits per heavy atom. The number of benzene rings is 1. The highest BCUT2D eigenvalue weighted by molar-refractivity contribution is 7.18. The summed E-state index contributed by atoms with van der Waals surface area (Å²) in [6.45, 7) is 3.43. The van der Waals surface area contributed by atoms with Gasteiger partial charge in [0, 0.05) is 34.1 Å². The summed E-state index contributed by atoms with van der Waals surface area (Å²) in [4.78, 5) is 11.6. The molecule has 4 nitrogen and oxygen atoms in total. The van der Waals surface area contributed by atoms with Gasteiger partial charge in [0.15, 0.2) is 0 Å². The van der Waals surface area contributed by atoms with E-state index in [9.17, 15) is 0 Å². The van der Waals surface area contributed by atoms with Crippen molar-refractivity contribution in [1.82, 2.24) is 15.3 Å². The summed E-state index contributed by atoms with van der Waals surface area (Å²) >= 11 is 3.51. The summed E-state index contributed by atoms with van der Waals surface area (Å²) in [5, 5.41) is 8.39. The van der Waals surface area contributed by atoms with Gasteiger partial charge in [0.2, 0.25) is 0 Å². The quantitative estimate of drug-likeness (QED) is 0.492. The minimum Gasteiger partial charge on any atom is -0.355 e. The normalized spacial score (nSPS) is 20.7. The maximum absolute atomic E-state index is 4.61. The Hall–Kier alpha value is -2.02. The lowest BCUT2D eigenvalue weighted by Crippen LogP contribution is -2.37. The van der Waals surface area contributed by atoms with Gasteiger partial charge in [-0.2, -0.15) is 0 Å². The van der Waals surface area contributed by atoms with Gasteiger partial charge >= 0.3 is 0 Å². The Morgan fingerprint density at radius 3 is 3.08 bits per heavy atom. The second kappa shape index (κ2) is 6.61. The molecule has 26 heavy (non-hydrogen) atoms. The largest absolute Gasteiger partial charge is 0.355 e. The van der Waals surface area contributed by atoms with Crippen LogP contribution in [0.3, 0.4) is 0 Å². The fraction of sp³-hybridized carbons (Fsp3) is 0.300. The Morgan fingerprint density at radius 1 is 1.19 bits per heavy atom. The molecule has 1 saturated heterocycles. The zero-order valence-electron chi connectivity index (χ0n) is 14.5. The number of pyridine rings is 1. The summed E-state index contributed by atoms with van der Waals surface area (Å²) in [5.74, 6) is 0.585. The Balaban J connectivity index is 1.51. The van der Waals surface area contributed by atoms with E-state index in [1.54, 1.807) is 11.3 Å². The van der Waals surface area contributed by atoms with E-state index in [2.05, 4.69) is 57.9 Å².